The van der Waals surface area contributed by atoms with Crippen LogP contribution in [0.2, 0.25) is 0 Å². The van der Waals surface area contributed by atoms with Crippen molar-refractivity contribution in [3.8, 4) is 0 Å². The number of nitrogens with one attached hydrogen (secondary N) is 3. The number of hydrogen-bond donors (Lipinski definition) is 3. The minimum atomic E-state index is -0.107. The van der Waals surface area contributed by atoms with Gasteiger partial charge in [0.1, 0.15) is 5.82 Å². The Bertz CT molecular complexity index is 282. The van der Waals surface area contributed by atoms with Crippen LogP contribution in [-0.4, -0.2) is 28.6 Å². The zero-order valence-corrected chi connectivity index (χ0v) is 9.21. The van der Waals surface area contributed by atoms with Crippen molar-refractivity contribution < 1.29 is 4.79 Å². The van der Waals surface area contributed by atoms with Crippen molar-refractivity contribution in [2.45, 2.75) is 32.7 Å². The third kappa shape index (κ3) is 5.05. The van der Waals surface area contributed by atoms with Gasteiger partial charge in [0.05, 0.1) is 0 Å². The summed E-state index contributed by atoms with van der Waals surface area (Å²) in [5, 5.41) is 5.55. The van der Waals surface area contributed by atoms with Crippen molar-refractivity contribution >= 4 is 6.03 Å². The number of nitrogens with zero attached hydrogens (tertiary/aromatic N) is 1. The third-order valence-electron chi connectivity index (χ3n) is 1.85. The second-order valence-corrected chi connectivity index (χ2v) is 3.69. The van der Waals surface area contributed by atoms with Crippen LogP contribution in [0.1, 0.15) is 26.1 Å². The molecule has 0 saturated carbocycles. The van der Waals surface area contributed by atoms with Crippen molar-refractivity contribution in [2.75, 3.05) is 6.54 Å². The zero-order valence-electron chi connectivity index (χ0n) is 9.21. The first-order valence-electron chi connectivity index (χ1n) is 5.21. The molecule has 0 aliphatic carbocycles. The molecular weight excluding hydrogens is 192 g/mol. The van der Waals surface area contributed by atoms with Crippen LogP contribution in [0.3, 0.4) is 0 Å². The smallest absolute Gasteiger partial charge is 0.314 e. The monoisotopic (exact) mass is 210 g/mol. The molecule has 1 heterocycles. The number of H-pyrrole nitrogens is 1. The van der Waals surface area contributed by atoms with Crippen molar-refractivity contribution in [2.24, 2.45) is 0 Å². The molecule has 5 nitrogen and oxygen atoms in total. The highest BCUT2D eigenvalue weighted by Crippen LogP contribution is 1.93. The fourth-order valence-corrected chi connectivity index (χ4v) is 1.21. The maximum atomic E-state index is 11.2. The molecule has 84 valence electrons. The Morgan fingerprint density at radius 2 is 2.40 bits per heavy atom. The lowest BCUT2D eigenvalue weighted by molar-refractivity contribution is 0.238. The summed E-state index contributed by atoms with van der Waals surface area (Å²) in [7, 11) is 0. The Morgan fingerprint density at radius 1 is 1.60 bits per heavy atom. The number of aromatic nitrogens is 2. The van der Waals surface area contributed by atoms with Gasteiger partial charge in [-0.1, -0.05) is 0 Å². The molecule has 0 atom stereocenters. The number of urea groups is 1. The largest absolute Gasteiger partial charge is 0.349 e. The summed E-state index contributed by atoms with van der Waals surface area (Å²) < 4.78 is 0. The van der Waals surface area contributed by atoms with Gasteiger partial charge >= 0.3 is 6.03 Å². The number of rotatable bonds is 5. The first-order valence-corrected chi connectivity index (χ1v) is 5.21. The van der Waals surface area contributed by atoms with Gasteiger partial charge in [0, 0.05) is 31.4 Å². The van der Waals surface area contributed by atoms with Gasteiger partial charge in [-0.05, 0) is 20.3 Å². The molecular formula is C10H18N4O. The van der Waals surface area contributed by atoms with Gasteiger partial charge in [-0.15, -0.1) is 0 Å². The first kappa shape index (κ1) is 11.6. The predicted octanol–water partition coefficient (Wildman–Crippen LogP) is 1.05. The normalized spacial score (nSPS) is 10.3. The number of amides is 2. The fraction of sp³-hybridized carbons (Fsp3) is 0.600. The van der Waals surface area contributed by atoms with Crippen LogP contribution in [0, 0.1) is 0 Å². The van der Waals surface area contributed by atoms with E-state index in [1.54, 1.807) is 12.4 Å². The second-order valence-electron chi connectivity index (χ2n) is 3.69. The maximum absolute atomic E-state index is 11.2. The molecule has 0 spiro atoms. The van der Waals surface area contributed by atoms with E-state index in [-0.39, 0.29) is 12.1 Å². The van der Waals surface area contributed by atoms with Crippen LogP contribution in [0.5, 0.6) is 0 Å². The Hall–Kier alpha value is -1.52. The highest BCUT2D eigenvalue weighted by atomic mass is 16.2. The van der Waals surface area contributed by atoms with Crippen LogP contribution in [-0.2, 0) is 6.42 Å². The number of carbonyl (C=O) groups excluding carboxylic acids is 1. The molecule has 1 rings (SSSR count). The zero-order chi connectivity index (χ0) is 11.1. The molecule has 1 aromatic rings. The highest BCUT2D eigenvalue weighted by Gasteiger charge is 2.01. The lowest BCUT2D eigenvalue weighted by atomic mass is 10.3. The first-order chi connectivity index (χ1) is 7.18. The molecule has 3 N–H and O–H groups in total. The quantitative estimate of drug-likeness (QED) is 0.636. The number of hydrogen-bond acceptors (Lipinski definition) is 2. The van der Waals surface area contributed by atoms with Crippen LogP contribution >= 0.6 is 0 Å². The molecule has 1 aromatic heterocycles. The summed E-state index contributed by atoms with van der Waals surface area (Å²) in [6.07, 6.45) is 5.27. The van der Waals surface area contributed by atoms with Crippen molar-refractivity contribution in [1.29, 1.82) is 0 Å². The summed E-state index contributed by atoms with van der Waals surface area (Å²) in [4.78, 5) is 18.3. The second kappa shape index (κ2) is 6.06. The average molecular weight is 210 g/mol. The van der Waals surface area contributed by atoms with E-state index in [2.05, 4.69) is 20.6 Å². The number of carbonyl (C=O) groups is 1. The van der Waals surface area contributed by atoms with E-state index >= 15 is 0 Å². The predicted molar refractivity (Wildman–Crippen MR) is 58.6 cm³/mol. The SMILES string of the molecule is CC(C)NC(=O)NCCCc1ncc[nH]1. The molecule has 0 bridgehead atoms. The van der Waals surface area contributed by atoms with Crippen LogP contribution in [0.25, 0.3) is 0 Å². The van der Waals surface area contributed by atoms with E-state index < -0.39 is 0 Å². The summed E-state index contributed by atoms with van der Waals surface area (Å²) in [5.74, 6) is 0.959. The minimum absolute atomic E-state index is 0.107. The van der Waals surface area contributed by atoms with Crippen molar-refractivity contribution in [1.82, 2.24) is 20.6 Å². The van der Waals surface area contributed by atoms with E-state index in [1.165, 1.54) is 0 Å². The van der Waals surface area contributed by atoms with E-state index in [0.717, 1.165) is 18.7 Å². The highest BCUT2D eigenvalue weighted by molar-refractivity contribution is 5.73. The molecule has 0 aliphatic heterocycles. The molecule has 5 heteroatoms. The molecule has 0 radical (unpaired) electrons. The minimum Gasteiger partial charge on any atom is -0.349 e. The number of imidazole rings is 1. The van der Waals surface area contributed by atoms with Gasteiger partial charge in [0.15, 0.2) is 0 Å². The Kier molecular flexibility index (Phi) is 4.66. The Balaban J connectivity index is 2.04. The summed E-state index contributed by atoms with van der Waals surface area (Å²) >= 11 is 0. The summed E-state index contributed by atoms with van der Waals surface area (Å²) in [6.45, 7) is 4.53. The lowest BCUT2D eigenvalue weighted by Gasteiger charge is -2.09. The van der Waals surface area contributed by atoms with E-state index in [0.29, 0.717) is 6.54 Å². The van der Waals surface area contributed by atoms with Crippen molar-refractivity contribution in [3.05, 3.63) is 18.2 Å². The molecule has 0 saturated heterocycles. The van der Waals surface area contributed by atoms with E-state index in [4.69, 9.17) is 0 Å². The third-order valence-corrected chi connectivity index (χ3v) is 1.85. The van der Waals surface area contributed by atoms with Crippen LogP contribution < -0.4 is 10.6 Å². The molecule has 0 fully saturated rings. The van der Waals surface area contributed by atoms with Gasteiger partial charge in [0.2, 0.25) is 0 Å². The van der Waals surface area contributed by atoms with E-state index in [1.807, 2.05) is 13.8 Å². The molecule has 0 unspecified atom stereocenters. The van der Waals surface area contributed by atoms with E-state index in [9.17, 15) is 4.79 Å². The number of aryl methyl sites for hydroxylation is 1. The van der Waals surface area contributed by atoms with Gasteiger partial charge in [-0.2, -0.15) is 0 Å². The Labute approximate surface area is 89.7 Å². The molecule has 15 heavy (non-hydrogen) atoms. The summed E-state index contributed by atoms with van der Waals surface area (Å²) in [6, 6.07) is 0.0690. The lowest BCUT2D eigenvalue weighted by Crippen LogP contribution is -2.39. The van der Waals surface area contributed by atoms with Crippen LogP contribution in [0.15, 0.2) is 12.4 Å². The van der Waals surface area contributed by atoms with Crippen LogP contribution in [0.4, 0.5) is 4.79 Å². The van der Waals surface area contributed by atoms with Gasteiger partial charge in [-0.3, -0.25) is 0 Å². The average Bonchev–Trinajstić information content (AvgIpc) is 2.63. The van der Waals surface area contributed by atoms with Gasteiger partial charge in [0.25, 0.3) is 0 Å². The van der Waals surface area contributed by atoms with Gasteiger partial charge in [-0.25, -0.2) is 9.78 Å². The molecule has 0 aromatic carbocycles. The summed E-state index contributed by atoms with van der Waals surface area (Å²) in [5.41, 5.74) is 0. The maximum Gasteiger partial charge on any atom is 0.314 e. The molecule has 2 amide bonds. The topological polar surface area (TPSA) is 69.8 Å². The fourth-order valence-electron chi connectivity index (χ4n) is 1.21. The molecule has 0 aliphatic rings. The number of aromatic amines is 1. The Morgan fingerprint density at radius 3 is 3.00 bits per heavy atom. The van der Waals surface area contributed by atoms with Crippen molar-refractivity contribution in [3.63, 3.8) is 0 Å². The van der Waals surface area contributed by atoms with Gasteiger partial charge < -0.3 is 15.6 Å². The standard InChI is InChI=1S/C10H18N4O/c1-8(2)14-10(15)13-5-3-4-9-11-6-7-12-9/h6-8H,3-5H2,1-2H3,(H,11,12)(H2,13,14,15).